The minimum Gasteiger partial charge on any atom is -0.383 e. The van der Waals surface area contributed by atoms with E-state index >= 15 is 0 Å². The smallest absolute Gasteiger partial charge is 0.346 e. The Balaban J connectivity index is 3.08. The lowest BCUT2D eigenvalue weighted by atomic mass is 10.2. The molecule has 1 heterocycles. The maximum Gasteiger partial charge on any atom is 0.346 e. The average molecular weight is 151 g/mol. The molecular weight excluding hydrogens is 142 g/mol. The van der Waals surface area contributed by atoms with Gasteiger partial charge in [-0.1, -0.05) is 6.08 Å². The van der Waals surface area contributed by atoms with Crippen molar-refractivity contribution in [1.82, 2.24) is 9.97 Å². The number of anilines is 1. The van der Waals surface area contributed by atoms with Crippen molar-refractivity contribution in [2.45, 2.75) is 6.42 Å². The van der Waals surface area contributed by atoms with E-state index < -0.39 is 5.69 Å². The van der Waals surface area contributed by atoms with Crippen molar-refractivity contribution < 1.29 is 0 Å². The van der Waals surface area contributed by atoms with Crippen molar-refractivity contribution in [2.24, 2.45) is 0 Å². The van der Waals surface area contributed by atoms with E-state index in [4.69, 9.17) is 5.73 Å². The van der Waals surface area contributed by atoms with Crippen molar-refractivity contribution in [1.29, 1.82) is 0 Å². The molecule has 0 unspecified atom stereocenters. The summed E-state index contributed by atoms with van der Waals surface area (Å²) in [5.41, 5.74) is 5.80. The number of aromatic nitrogens is 2. The second kappa shape index (κ2) is 3.01. The molecular formula is C7H9N3O. The van der Waals surface area contributed by atoms with Crippen LogP contribution in [0.2, 0.25) is 0 Å². The number of nitrogens with two attached hydrogens (primary N) is 1. The van der Waals surface area contributed by atoms with E-state index in [0.717, 1.165) is 5.56 Å². The summed E-state index contributed by atoms with van der Waals surface area (Å²) in [5, 5.41) is 0. The third-order valence-electron chi connectivity index (χ3n) is 1.29. The first kappa shape index (κ1) is 7.53. The Kier molecular flexibility index (Phi) is 2.06. The lowest BCUT2D eigenvalue weighted by molar-refractivity contribution is 1.04. The molecule has 0 bridgehead atoms. The van der Waals surface area contributed by atoms with Gasteiger partial charge in [-0.15, -0.1) is 6.58 Å². The summed E-state index contributed by atoms with van der Waals surface area (Å²) >= 11 is 0. The molecule has 58 valence electrons. The van der Waals surface area contributed by atoms with Gasteiger partial charge in [0.05, 0.1) is 0 Å². The minimum atomic E-state index is -0.421. The Hall–Kier alpha value is -1.58. The van der Waals surface area contributed by atoms with Gasteiger partial charge in [-0.2, -0.15) is 4.98 Å². The highest BCUT2D eigenvalue weighted by molar-refractivity contribution is 5.37. The molecule has 0 fully saturated rings. The van der Waals surface area contributed by atoms with E-state index in [1.54, 1.807) is 12.3 Å². The lowest BCUT2D eigenvalue weighted by Crippen LogP contribution is -2.13. The van der Waals surface area contributed by atoms with Crippen LogP contribution in [0.15, 0.2) is 23.6 Å². The number of hydrogen-bond donors (Lipinski definition) is 2. The van der Waals surface area contributed by atoms with Crippen LogP contribution in [0.4, 0.5) is 5.82 Å². The Labute approximate surface area is 63.8 Å². The number of aromatic amines is 1. The van der Waals surface area contributed by atoms with Gasteiger partial charge in [-0.05, 0) is 6.42 Å². The first-order valence-electron chi connectivity index (χ1n) is 3.19. The third kappa shape index (κ3) is 1.67. The molecule has 0 amide bonds. The number of H-pyrrole nitrogens is 1. The molecule has 1 aromatic heterocycles. The zero-order valence-electron chi connectivity index (χ0n) is 6.00. The Bertz CT molecular complexity index is 316. The largest absolute Gasteiger partial charge is 0.383 e. The molecule has 4 nitrogen and oxygen atoms in total. The molecule has 0 radical (unpaired) electrons. The Morgan fingerprint density at radius 1 is 1.82 bits per heavy atom. The molecule has 0 aliphatic rings. The normalized spacial score (nSPS) is 9.45. The van der Waals surface area contributed by atoms with E-state index in [1.807, 2.05) is 0 Å². The summed E-state index contributed by atoms with van der Waals surface area (Å²) in [7, 11) is 0. The highest BCUT2D eigenvalue weighted by Crippen LogP contribution is 2.03. The fraction of sp³-hybridized carbons (Fsp3) is 0.143. The van der Waals surface area contributed by atoms with Crippen LogP contribution < -0.4 is 11.4 Å². The quantitative estimate of drug-likeness (QED) is 0.588. The van der Waals surface area contributed by atoms with Crippen LogP contribution in [0.25, 0.3) is 0 Å². The molecule has 0 aromatic carbocycles. The van der Waals surface area contributed by atoms with Crippen molar-refractivity contribution in [3.05, 3.63) is 34.9 Å². The maximum absolute atomic E-state index is 10.6. The molecule has 3 N–H and O–H groups in total. The topological polar surface area (TPSA) is 71.8 Å². The van der Waals surface area contributed by atoms with Gasteiger partial charge in [-0.25, -0.2) is 4.79 Å². The fourth-order valence-corrected chi connectivity index (χ4v) is 0.755. The molecule has 0 atom stereocenters. The minimum absolute atomic E-state index is 0.272. The molecule has 11 heavy (non-hydrogen) atoms. The summed E-state index contributed by atoms with van der Waals surface area (Å²) in [6, 6.07) is 0. The van der Waals surface area contributed by atoms with Gasteiger partial charge >= 0.3 is 5.69 Å². The highest BCUT2D eigenvalue weighted by atomic mass is 16.1. The van der Waals surface area contributed by atoms with Crippen molar-refractivity contribution >= 4 is 5.82 Å². The summed E-state index contributed by atoms with van der Waals surface area (Å²) in [5.74, 6) is 0.272. The number of allylic oxidation sites excluding steroid dienone is 1. The first-order valence-corrected chi connectivity index (χ1v) is 3.19. The van der Waals surface area contributed by atoms with Crippen molar-refractivity contribution in [2.75, 3.05) is 5.73 Å². The van der Waals surface area contributed by atoms with E-state index in [1.165, 1.54) is 0 Å². The maximum atomic E-state index is 10.6. The monoisotopic (exact) mass is 151 g/mol. The second-order valence-corrected chi connectivity index (χ2v) is 2.11. The number of nitrogens with zero attached hydrogens (tertiary/aromatic N) is 1. The second-order valence-electron chi connectivity index (χ2n) is 2.11. The van der Waals surface area contributed by atoms with Crippen molar-refractivity contribution in [3.63, 3.8) is 0 Å². The van der Waals surface area contributed by atoms with Crippen LogP contribution in [0.5, 0.6) is 0 Å². The average Bonchev–Trinajstić information content (AvgIpc) is 1.95. The first-order chi connectivity index (χ1) is 5.24. The van der Waals surface area contributed by atoms with Crippen molar-refractivity contribution in [3.8, 4) is 0 Å². The Morgan fingerprint density at radius 2 is 2.55 bits per heavy atom. The summed E-state index contributed by atoms with van der Waals surface area (Å²) < 4.78 is 0. The Morgan fingerprint density at radius 3 is 3.09 bits per heavy atom. The van der Waals surface area contributed by atoms with Crippen LogP contribution in [-0.2, 0) is 6.42 Å². The van der Waals surface area contributed by atoms with Gasteiger partial charge in [-0.3, -0.25) is 0 Å². The number of nitrogens with one attached hydrogen (secondary N) is 1. The van der Waals surface area contributed by atoms with Crippen LogP contribution >= 0.6 is 0 Å². The standard InChI is InChI=1S/C7H9N3O/c1-2-3-5-4-9-7(11)10-6(5)8/h2,4H,1,3H2,(H3,8,9,10,11). The molecule has 0 aliphatic heterocycles. The summed E-state index contributed by atoms with van der Waals surface area (Å²) in [6.45, 7) is 3.54. The predicted octanol–water partition coefficient (Wildman–Crippen LogP) is 0.0806. The van der Waals surface area contributed by atoms with Crippen LogP contribution in [-0.4, -0.2) is 9.97 Å². The molecule has 1 rings (SSSR count). The number of rotatable bonds is 2. The van der Waals surface area contributed by atoms with Gasteiger partial charge in [0.2, 0.25) is 0 Å². The zero-order valence-corrected chi connectivity index (χ0v) is 6.00. The van der Waals surface area contributed by atoms with Crippen LogP contribution in [0.3, 0.4) is 0 Å². The molecule has 0 spiro atoms. The van der Waals surface area contributed by atoms with Crippen LogP contribution in [0.1, 0.15) is 5.56 Å². The summed E-state index contributed by atoms with van der Waals surface area (Å²) in [6.07, 6.45) is 3.87. The van der Waals surface area contributed by atoms with E-state index in [9.17, 15) is 4.79 Å². The summed E-state index contributed by atoms with van der Waals surface area (Å²) in [4.78, 5) is 16.5. The van der Waals surface area contributed by atoms with E-state index in [0.29, 0.717) is 6.42 Å². The van der Waals surface area contributed by atoms with Gasteiger partial charge in [0.15, 0.2) is 0 Å². The predicted molar refractivity (Wildman–Crippen MR) is 43.2 cm³/mol. The molecule has 1 aromatic rings. The molecule has 0 aliphatic carbocycles. The van der Waals surface area contributed by atoms with Gasteiger partial charge in [0.25, 0.3) is 0 Å². The third-order valence-corrected chi connectivity index (χ3v) is 1.29. The molecule has 4 heteroatoms. The fourth-order valence-electron chi connectivity index (χ4n) is 0.755. The van der Waals surface area contributed by atoms with E-state index in [-0.39, 0.29) is 5.82 Å². The number of nitrogen functional groups attached to an aromatic ring is 1. The SMILES string of the molecule is C=CCc1c[nH]c(=O)nc1N. The zero-order chi connectivity index (χ0) is 8.27. The number of hydrogen-bond acceptors (Lipinski definition) is 3. The highest BCUT2D eigenvalue weighted by Gasteiger charge is 1.97. The van der Waals surface area contributed by atoms with Gasteiger partial charge < -0.3 is 10.7 Å². The van der Waals surface area contributed by atoms with Gasteiger partial charge in [0.1, 0.15) is 5.82 Å². The molecule has 0 saturated carbocycles. The van der Waals surface area contributed by atoms with E-state index in [2.05, 4.69) is 16.5 Å². The van der Waals surface area contributed by atoms with Gasteiger partial charge in [0, 0.05) is 11.8 Å². The lowest BCUT2D eigenvalue weighted by Gasteiger charge is -1.97. The molecule has 0 saturated heterocycles. The van der Waals surface area contributed by atoms with Crippen LogP contribution in [0, 0.1) is 0 Å².